The number of aromatic nitrogens is 10. The normalized spacial score (nSPS) is 11.8. The van der Waals surface area contributed by atoms with Crippen molar-refractivity contribution in [3.8, 4) is 33.5 Å². The summed E-state index contributed by atoms with van der Waals surface area (Å²) in [6, 6.07) is 80.1. The predicted molar refractivity (Wildman–Crippen MR) is 451 cm³/mol. The first kappa shape index (κ1) is 84.2. The van der Waals surface area contributed by atoms with Gasteiger partial charge in [0.2, 0.25) is 0 Å². The molecule has 0 saturated carbocycles. The summed E-state index contributed by atoms with van der Waals surface area (Å²) in [5.74, 6) is 0.110. The van der Waals surface area contributed by atoms with Crippen molar-refractivity contribution in [1.82, 2.24) is 61.6 Å². The standard InChI is InChI=1S/C30H29N3O2.C22H20BrN3O2.C14H12.C5H4Br2N2.C5H5BrN2.C5H6N2O.Br3OP/c1-3-21-10-4-5-11-23(21)29-17-16-22(32-33-29)18-20(2)31-30(34)35-19-28-26-14-8-6-12-24(26)25-13-7-9-15-27(25)28;1-14(12-15-10-11-21(23)26-25-15)24-22(27)28-13-20-18-8-4-2-6-16(18)17-7-3-5-9-19(17)20;1-12(13-8-4-2-5-9-13)14-10-6-3-7-11-14;6-3-4-1-2-5(7)9-8-4;1-4-2-3-5(6)8-7-4;1-4-2-3-5(8)7-6-4;1-5(2,3)4/h4-17,20,28H,3,18-19H2,1-2H3,(H,31,34);2-11,14,20H,12-13H2,1H3,(H,24,27);2-11H,1H2;1-2H,3H2;2-3H,1H3;2-3H,1H3,(H,7,8);/t20-;14-;;;;;/m11...../s1. The van der Waals surface area contributed by atoms with Crippen LogP contribution in [0.15, 0.2) is 268 Å². The third kappa shape index (κ3) is 28.0. The second-order valence-electron chi connectivity index (χ2n) is 24.1. The van der Waals surface area contributed by atoms with E-state index in [-0.39, 0.29) is 29.5 Å². The van der Waals surface area contributed by atoms with E-state index in [1.807, 2.05) is 173 Å². The van der Waals surface area contributed by atoms with E-state index in [4.69, 9.17) is 9.47 Å². The molecule has 14 rings (SSSR count). The molecule has 5 heterocycles. The Morgan fingerprint density at radius 1 is 0.467 bits per heavy atom. The number of H-pyrrole nitrogens is 1. The fourth-order valence-electron chi connectivity index (χ4n) is 11.2. The molecule has 0 unspecified atom stereocenters. The van der Waals surface area contributed by atoms with Crippen LogP contribution >= 0.6 is 113 Å². The number of rotatable bonds is 15. The SMILES string of the molecule is BrCc1ccc(Br)nn1.C=C(c1ccccc1)c1ccccc1.CCc1ccccc1-c1ccc(C[C@@H](C)NC(=O)OCC2c3ccccc3-c3ccccc32)nn1.C[C@H](Cc1ccc(Br)nn1)NC(=O)OCC1c2ccccc2-c2ccccc21.Cc1ccc(=O)[nH]n1.Cc1ccc(Br)nn1.O=P(Br)(Br)Br. The Kier molecular flexibility index (Phi) is 34.3. The van der Waals surface area contributed by atoms with E-state index in [2.05, 4.69) is 270 Å². The number of hydrogen-bond donors (Lipinski definition) is 3. The van der Waals surface area contributed by atoms with Gasteiger partial charge in [0.15, 0.2) is 0 Å². The Hall–Kier alpha value is -8.39. The van der Waals surface area contributed by atoms with E-state index in [1.54, 1.807) is 6.07 Å². The quantitative estimate of drug-likeness (QED) is 0.0638. The summed E-state index contributed by atoms with van der Waals surface area (Å²) < 4.78 is 21.2. The van der Waals surface area contributed by atoms with Gasteiger partial charge in [-0.3, -0.25) is 9.36 Å². The fourth-order valence-corrected chi connectivity index (χ4v) is 12.1. The zero-order valence-electron chi connectivity index (χ0n) is 58.9. The van der Waals surface area contributed by atoms with Crippen molar-refractivity contribution in [2.24, 2.45) is 0 Å². The highest BCUT2D eigenvalue weighted by Crippen LogP contribution is 2.68. The molecule has 2 atom stereocenters. The zero-order chi connectivity index (χ0) is 76.7. The van der Waals surface area contributed by atoms with Crippen molar-refractivity contribution >= 4 is 131 Å². The predicted octanol–water partition coefficient (Wildman–Crippen LogP) is 21.7. The monoisotopic (exact) mass is 1900 g/mol. The summed E-state index contributed by atoms with van der Waals surface area (Å²) in [6.07, 6.45) is 1.28. The number of alkyl halides is 1. The van der Waals surface area contributed by atoms with Crippen molar-refractivity contribution in [3.05, 3.63) is 341 Å². The lowest BCUT2D eigenvalue weighted by atomic mass is 9.98. The van der Waals surface area contributed by atoms with Crippen LogP contribution < -0.4 is 16.2 Å². The molecular formula is C81H76Br7N12O6P. The average Bonchev–Trinajstić information content (AvgIpc) is 1.62. The molecule has 2 amide bonds. The third-order valence-electron chi connectivity index (χ3n) is 16.2. The number of carbonyl (C=O) groups excluding carboxylic acids is 2. The van der Waals surface area contributed by atoms with E-state index >= 15 is 0 Å². The molecule has 0 radical (unpaired) electrons. The number of ether oxygens (including phenoxy) is 2. The summed E-state index contributed by atoms with van der Waals surface area (Å²) in [6.45, 7) is 14.4. The van der Waals surface area contributed by atoms with Crippen LogP contribution in [0.1, 0.15) is 100 Å². The van der Waals surface area contributed by atoms with Crippen LogP contribution in [0, 0.1) is 13.8 Å². The number of nitrogens with zero attached hydrogens (tertiary/aromatic N) is 9. The minimum atomic E-state index is -2.20. The van der Waals surface area contributed by atoms with Gasteiger partial charge in [0.05, 0.1) is 34.2 Å². The van der Waals surface area contributed by atoms with Gasteiger partial charge < -0.3 is 20.1 Å². The number of aromatic amines is 1. The molecule has 0 fully saturated rings. The van der Waals surface area contributed by atoms with Gasteiger partial charge in [-0.1, -0.05) is 211 Å². The van der Waals surface area contributed by atoms with Gasteiger partial charge in [-0.25, -0.2) is 14.7 Å². The van der Waals surface area contributed by atoms with E-state index in [9.17, 15) is 18.9 Å². The lowest BCUT2D eigenvalue weighted by molar-refractivity contribution is 0.138. The molecule has 2 aliphatic carbocycles. The number of hydrogen-bond acceptors (Lipinski definition) is 15. The Morgan fingerprint density at radius 3 is 1.18 bits per heavy atom. The van der Waals surface area contributed by atoms with Gasteiger partial charge in [0, 0.05) is 100 Å². The molecule has 107 heavy (non-hydrogen) atoms. The maximum atomic E-state index is 12.6. The van der Waals surface area contributed by atoms with Gasteiger partial charge in [-0.15, -0.1) is 15.3 Å². The van der Waals surface area contributed by atoms with Crippen molar-refractivity contribution in [2.75, 3.05) is 13.2 Å². The molecule has 12 aromatic rings. The van der Waals surface area contributed by atoms with Crippen molar-refractivity contribution in [3.63, 3.8) is 0 Å². The Balaban J connectivity index is 0.000000176. The highest BCUT2D eigenvalue weighted by Gasteiger charge is 2.31. The summed E-state index contributed by atoms with van der Waals surface area (Å²) in [4.78, 5) is 35.2. The summed E-state index contributed by atoms with van der Waals surface area (Å²) in [7, 11) is 0. The maximum absolute atomic E-state index is 12.6. The highest BCUT2D eigenvalue weighted by atomic mass is 80.0. The second-order valence-corrected chi connectivity index (χ2v) is 45.4. The Bertz CT molecular complexity index is 4740. The first-order valence-corrected chi connectivity index (χ1v) is 44.9. The second kappa shape index (κ2) is 43.6. The number of fused-ring (bicyclic) bond motifs is 6. The van der Waals surface area contributed by atoms with Crippen LogP contribution in [0.25, 0.3) is 39.1 Å². The molecule has 0 aliphatic heterocycles. The van der Waals surface area contributed by atoms with Crippen molar-refractivity contribution < 1.29 is 23.6 Å². The number of alkyl carbamates (subject to hydrolysis) is 2. The number of halogens is 7. The first-order valence-electron chi connectivity index (χ1n) is 33.7. The molecule has 26 heteroatoms. The van der Waals surface area contributed by atoms with E-state index in [1.165, 1.54) is 67.3 Å². The summed E-state index contributed by atoms with van der Waals surface area (Å²) >= 11 is 21.2. The topological polar surface area (TPSA) is 243 Å². The largest absolute Gasteiger partial charge is 0.449 e. The lowest BCUT2D eigenvalue weighted by Crippen LogP contribution is -2.35. The molecule has 0 bridgehead atoms. The van der Waals surface area contributed by atoms with Crippen LogP contribution in [0.3, 0.4) is 0 Å². The molecule has 3 N–H and O–H groups in total. The van der Waals surface area contributed by atoms with Crippen molar-refractivity contribution in [1.29, 1.82) is 0 Å². The van der Waals surface area contributed by atoms with E-state index in [0.717, 1.165) is 66.3 Å². The molecule has 5 aromatic heterocycles. The number of nitrogens with one attached hydrogen (secondary N) is 3. The number of aryl methyl sites for hydroxylation is 3. The van der Waals surface area contributed by atoms with Gasteiger partial charge in [0.25, 0.3) is 8.81 Å². The van der Waals surface area contributed by atoms with Gasteiger partial charge in [-0.05, 0) is 203 Å². The van der Waals surface area contributed by atoms with Gasteiger partial charge in [0.1, 0.15) is 27.0 Å². The van der Waals surface area contributed by atoms with E-state index in [0.29, 0.717) is 30.7 Å². The number of benzene rings is 7. The van der Waals surface area contributed by atoms with Crippen LogP contribution in [0.5, 0.6) is 0 Å². The summed E-state index contributed by atoms with van der Waals surface area (Å²) in [5.41, 5.74) is 20.5. The molecule has 2 aliphatic rings. The van der Waals surface area contributed by atoms with Crippen LogP contribution in [-0.2, 0) is 38.6 Å². The molecular weight excluding hydrogens is 1830 g/mol. The number of amides is 2. The zero-order valence-corrected chi connectivity index (χ0v) is 70.9. The summed E-state index contributed by atoms with van der Waals surface area (Å²) in [5, 5.41) is 44.6. The van der Waals surface area contributed by atoms with Crippen LogP contribution in [0.2, 0.25) is 0 Å². The van der Waals surface area contributed by atoms with Crippen molar-refractivity contribution in [2.45, 2.75) is 83.1 Å². The number of carbonyl (C=O) groups is 2. The first-order chi connectivity index (χ1) is 51.5. The van der Waals surface area contributed by atoms with Crippen LogP contribution in [0.4, 0.5) is 9.59 Å². The van der Waals surface area contributed by atoms with E-state index < -0.39 is 15.4 Å². The molecule has 0 saturated heterocycles. The molecule has 18 nitrogen and oxygen atoms in total. The Morgan fingerprint density at radius 2 is 0.832 bits per heavy atom. The minimum absolute atomic E-state index is 0.0489. The maximum Gasteiger partial charge on any atom is 0.407 e. The van der Waals surface area contributed by atoms with Gasteiger partial charge >= 0.3 is 12.2 Å². The average molecular weight is 1900 g/mol. The van der Waals surface area contributed by atoms with Gasteiger partial charge in [-0.2, -0.15) is 30.6 Å². The lowest BCUT2D eigenvalue weighted by Gasteiger charge is -2.17. The highest BCUT2D eigenvalue weighted by molar-refractivity contribution is 9.94. The van der Waals surface area contributed by atoms with Crippen LogP contribution in [-0.4, -0.2) is 88.5 Å². The smallest absolute Gasteiger partial charge is 0.407 e. The minimum Gasteiger partial charge on any atom is -0.449 e. The molecule has 550 valence electrons. The molecule has 0 spiro atoms. The fraction of sp³-hybridized carbons (Fsp3) is 0.185. The third-order valence-corrected chi connectivity index (χ3v) is 18.0. The Labute approximate surface area is 680 Å². The molecule has 7 aromatic carbocycles.